The third-order valence-corrected chi connectivity index (χ3v) is 6.29. The van der Waals surface area contributed by atoms with Crippen LogP contribution in [0.1, 0.15) is 49.8 Å². The Morgan fingerprint density at radius 2 is 1.12 bits per heavy atom. The second-order valence-electron chi connectivity index (χ2n) is 10.1. The maximum atomic E-state index is 13.7. The molecule has 8 nitrogen and oxygen atoms in total. The summed E-state index contributed by atoms with van der Waals surface area (Å²) in [5.74, 6) is -2.88. The molecule has 0 fully saturated rings. The van der Waals surface area contributed by atoms with Gasteiger partial charge >= 0.3 is 18.0 Å². The smallest absolute Gasteiger partial charge is 0.408 e. The first-order chi connectivity index (χ1) is 19.8. The van der Waals surface area contributed by atoms with E-state index < -0.39 is 35.8 Å². The number of esters is 2. The van der Waals surface area contributed by atoms with Crippen molar-refractivity contribution in [3.8, 4) is 0 Å². The Bertz CT molecular complexity index is 1250. The predicted molar refractivity (Wildman–Crippen MR) is 153 cm³/mol. The van der Waals surface area contributed by atoms with E-state index in [4.69, 9.17) is 14.2 Å². The summed E-state index contributed by atoms with van der Waals surface area (Å²) >= 11 is 0. The number of carbonyl (C=O) groups excluding carboxylic acids is 4. The van der Waals surface area contributed by atoms with E-state index in [1.54, 1.807) is 12.1 Å². The highest BCUT2D eigenvalue weighted by Gasteiger charge is 2.35. The van der Waals surface area contributed by atoms with Gasteiger partial charge in [0, 0.05) is 6.42 Å². The van der Waals surface area contributed by atoms with Crippen molar-refractivity contribution in [2.75, 3.05) is 0 Å². The second kappa shape index (κ2) is 16.6. The summed E-state index contributed by atoms with van der Waals surface area (Å²) in [5.41, 5.74) is 2.39. The number of alkyl carbamates (subject to hydrolysis) is 1. The van der Waals surface area contributed by atoms with Gasteiger partial charge in [-0.3, -0.25) is 14.4 Å². The summed E-state index contributed by atoms with van der Waals surface area (Å²) in [4.78, 5) is 52.0. The quantitative estimate of drug-likeness (QED) is 0.143. The van der Waals surface area contributed by atoms with Crippen LogP contribution in [0.5, 0.6) is 0 Å². The Hall–Kier alpha value is -4.46. The van der Waals surface area contributed by atoms with Crippen molar-refractivity contribution in [3.63, 3.8) is 0 Å². The van der Waals surface area contributed by atoms with Crippen LogP contribution >= 0.6 is 0 Å². The molecule has 0 bridgehead atoms. The molecule has 8 heteroatoms. The van der Waals surface area contributed by atoms with Crippen molar-refractivity contribution >= 4 is 23.8 Å². The Kier molecular flexibility index (Phi) is 12.6. The highest BCUT2D eigenvalue weighted by molar-refractivity contribution is 6.02. The van der Waals surface area contributed by atoms with Crippen LogP contribution in [0.4, 0.5) is 4.79 Å². The van der Waals surface area contributed by atoms with Gasteiger partial charge in [-0.05, 0) is 35.4 Å². The molecular weight excluding hydrogens is 522 g/mol. The second-order valence-corrected chi connectivity index (χ2v) is 10.1. The SMILES string of the molecule is CC(C)CC(C(=O)OCc1ccccc1)C(=O)[C@H](CCC(=O)OCc1ccccc1)NC(=O)OCc1ccccc1. The van der Waals surface area contributed by atoms with E-state index in [1.807, 2.05) is 92.7 Å². The van der Waals surface area contributed by atoms with Crippen LogP contribution in [0.3, 0.4) is 0 Å². The Labute approximate surface area is 241 Å². The molecule has 0 aliphatic carbocycles. The molecule has 2 atom stereocenters. The van der Waals surface area contributed by atoms with Gasteiger partial charge in [-0.1, -0.05) is 105 Å². The van der Waals surface area contributed by atoms with Crippen LogP contribution in [0.25, 0.3) is 0 Å². The lowest BCUT2D eigenvalue weighted by molar-refractivity contribution is -0.154. The largest absolute Gasteiger partial charge is 0.461 e. The van der Waals surface area contributed by atoms with Crippen LogP contribution in [-0.2, 0) is 48.4 Å². The number of ketones is 1. The summed E-state index contributed by atoms with van der Waals surface area (Å²) in [6, 6.07) is 26.3. The molecule has 1 unspecified atom stereocenters. The number of rotatable bonds is 15. The molecule has 3 aromatic carbocycles. The number of nitrogens with one attached hydrogen (secondary N) is 1. The number of hydrogen-bond acceptors (Lipinski definition) is 7. The molecule has 1 amide bonds. The van der Waals surface area contributed by atoms with Gasteiger partial charge in [-0.15, -0.1) is 0 Å². The summed E-state index contributed by atoms with van der Waals surface area (Å²) in [7, 11) is 0. The lowest BCUT2D eigenvalue weighted by Gasteiger charge is -2.23. The van der Waals surface area contributed by atoms with Gasteiger partial charge in [0.1, 0.15) is 25.7 Å². The van der Waals surface area contributed by atoms with Crippen LogP contribution < -0.4 is 5.32 Å². The molecule has 1 N–H and O–H groups in total. The molecule has 0 radical (unpaired) electrons. The Balaban J connectivity index is 1.68. The Morgan fingerprint density at radius 1 is 0.659 bits per heavy atom. The highest BCUT2D eigenvalue weighted by Crippen LogP contribution is 2.20. The maximum Gasteiger partial charge on any atom is 0.408 e. The minimum Gasteiger partial charge on any atom is -0.461 e. The average molecular weight is 560 g/mol. The third-order valence-electron chi connectivity index (χ3n) is 6.29. The van der Waals surface area contributed by atoms with E-state index in [0.29, 0.717) is 0 Å². The van der Waals surface area contributed by atoms with Gasteiger partial charge in [0.25, 0.3) is 0 Å². The molecule has 0 aliphatic heterocycles. The standard InChI is InChI=1S/C33H37NO7/c1-24(2)20-28(32(37)40-22-26-14-8-4-9-15-26)31(36)29(34-33(38)41-23-27-16-10-5-11-17-27)18-19-30(35)39-21-25-12-6-3-7-13-25/h3-17,24,28-29H,18-23H2,1-2H3,(H,34,38)/t28?,29-/m0/s1. The topological polar surface area (TPSA) is 108 Å². The third kappa shape index (κ3) is 11.3. The molecule has 41 heavy (non-hydrogen) atoms. The summed E-state index contributed by atoms with van der Waals surface area (Å²) in [6.45, 7) is 3.89. The molecular formula is C33H37NO7. The first-order valence-electron chi connectivity index (χ1n) is 13.7. The minimum absolute atomic E-state index is 0.00123. The summed E-state index contributed by atoms with van der Waals surface area (Å²) < 4.78 is 16.1. The van der Waals surface area contributed by atoms with Crippen molar-refractivity contribution in [3.05, 3.63) is 108 Å². The first-order valence-corrected chi connectivity index (χ1v) is 13.7. The van der Waals surface area contributed by atoms with Crippen molar-refractivity contribution in [1.82, 2.24) is 5.32 Å². The van der Waals surface area contributed by atoms with Crippen molar-refractivity contribution in [1.29, 1.82) is 0 Å². The molecule has 216 valence electrons. The predicted octanol–water partition coefficient (Wildman–Crippen LogP) is 5.78. The van der Waals surface area contributed by atoms with Gasteiger partial charge in [-0.25, -0.2) is 4.79 Å². The van der Waals surface area contributed by atoms with E-state index in [0.717, 1.165) is 16.7 Å². The number of benzene rings is 3. The molecule has 0 saturated heterocycles. The molecule has 0 aromatic heterocycles. The zero-order chi connectivity index (χ0) is 29.5. The van der Waals surface area contributed by atoms with Gasteiger partial charge < -0.3 is 19.5 Å². The number of hydrogen-bond donors (Lipinski definition) is 1. The van der Waals surface area contributed by atoms with E-state index in [9.17, 15) is 19.2 Å². The minimum atomic E-state index is -1.16. The number of carbonyl (C=O) groups is 4. The monoisotopic (exact) mass is 559 g/mol. The van der Waals surface area contributed by atoms with E-state index >= 15 is 0 Å². The fourth-order valence-electron chi connectivity index (χ4n) is 4.14. The number of amides is 1. The lowest BCUT2D eigenvalue weighted by atomic mass is 9.88. The highest BCUT2D eigenvalue weighted by atomic mass is 16.6. The fraction of sp³-hybridized carbons (Fsp3) is 0.333. The fourth-order valence-corrected chi connectivity index (χ4v) is 4.14. The molecule has 0 saturated carbocycles. The van der Waals surface area contributed by atoms with E-state index in [2.05, 4.69) is 5.32 Å². The summed E-state index contributed by atoms with van der Waals surface area (Å²) in [5, 5.41) is 2.57. The van der Waals surface area contributed by atoms with Gasteiger partial charge in [-0.2, -0.15) is 0 Å². The van der Waals surface area contributed by atoms with Gasteiger partial charge in [0.05, 0.1) is 6.04 Å². The molecule has 0 heterocycles. The summed E-state index contributed by atoms with van der Waals surface area (Å²) in [6.07, 6.45) is -0.809. The van der Waals surface area contributed by atoms with Crippen LogP contribution in [-0.4, -0.2) is 29.9 Å². The van der Waals surface area contributed by atoms with Crippen molar-refractivity contribution in [2.24, 2.45) is 11.8 Å². The number of ether oxygens (including phenoxy) is 3. The van der Waals surface area contributed by atoms with Gasteiger partial charge in [0.2, 0.25) is 0 Å². The first kappa shape index (κ1) is 31.1. The van der Waals surface area contributed by atoms with E-state index in [1.165, 1.54) is 0 Å². The average Bonchev–Trinajstić information content (AvgIpc) is 2.99. The molecule has 3 rings (SSSR count). The molecule has 0 spiro atoms. The normalized spacial score (nSPS) is 12.2. The molecule has 3 aromatic rings. The zero-order valence-corrected chi connectivity index (χ0v) is 23.5. The Morgan fingerprint density at radius 3 is 1.61 bits per heavy atom. The van der Waals surface area contributed by atoms with Gasteiger partial charge in [0.15, 0.2) is 5.78 Å². The van der Waals surface area contributed by atoms with Crippen LogP contribution in [0.15, 0.2) is 91.0 Å². The zero-order valence-electron chi connectivity index (χ0n) is 23.5. The van der Waals surface area contributed by atoms with Crippen molar-refractivity contribution < 1.29 is 33.4 Å². The van der Waals surface area contributed by atoms with Crippen LogP contribution in [0, 0.1) is 11.8 Å². The van der Waals surface area contributed by atoms with Crippen molar-refractivity contribution in [2.45, 2.75) is 59.0 Å². The van der Waals surface area contributed by atoms with E-state index in [-0.39, 0.29) is 45.0 Å². The number of Topliss-reactive ketones (excluding diaryl/α,β-unsaturated/α-hetero) is 1. The lowest BCUT2D eigenvalue weighted by Crippen LogP contribution is -2.46. The van der Waals surface area contributed by atoms with Crippen LogP contribution in [0.2, 0.25) is 0 Å². The maximum absolute atomic E-state index is 13.7. The molecule has 0 aliphatic rings.